The lowest BCUT2D eigenvalue weighted by atomic mass is 10.2. The minimum atomic E-state index is -3.99. The van der Waals surface area contributed by atoms with Crippen molar-refractivity contribution in [2.75, 3.05) is 18.6 Å². The van der Waals surface area contributed by atoms with Crippen molar-refractivity contribution in [3.63, 3.8) is 0 Å². The van der Waals surface area contributed by atoms with Crippen molar-refractivity contribution in [3.8, 4) is 0 Å². The van der Waals surface area contributed by atoms with Crippen LogP contribution in [-0.2, 0) is 24.8 Å². The summed E-state index contributed by atoms with van der Waals surface area (Å²) in [4.78, 5) is 10.6. The molecule has 0 saturated carbocycles. The van der Waals surface area contributed by atoms with Gasteiger partial charge in [0.05, 0.1) is 11.3 Å². The van der Waals surface area contributed by atoms with Gasteiger partial charge in [-0.2, -0.15) is 8.42 Å². The topological polar surface area (TPSA) is 142 Å². The van der Waals surface area contributed by atoms with Crippen LogP contribution in [-0.4, -0.2) is 52.3 Å². The Kier molecular flexibility index (Phi) is 4.33. The van der Waals surface area contributed by atoms with Crippen LogP contribution < -0.4 is 10.0 Å². The summed E-state index contributed by atoms with van der Waals surface area (Å²) in [6, 6.07) is 0. The van der Waals surface area contributed by atoms with Gasteiger partial charge in [0, 0.05) is 18.2 Å². The maximum absolute atomic E-state index is 12.1. The predicted molar refractivity (Wildman–Crippen MR) is 77.6 cm³/mol. The third kappa shape index (κ3) is 3.96. The lowest BCUT2D eigenvalue weighted by Crippen LogP contribution is -2.34. The van der Waals surface area contributed by atoms with E-state index >= 15 is 0 Å². The molecule has 0 bridgehead atoms. The van der Waals surface area contributed by atoms with Crippen LogP contribution in [0.25, 0.3) is 0 Å². The molecule has 0 aromatic heterocycles. The Hall–Kier alpha value is -1.11. The van der Waals surface area contributed by atoms with Gasteiger partial charge in [-0.05, 0) is 0 Å². The molecule has 2 aliphatic rings. The second-order valence-corrected chi connectivity index (χ2v) is 8.97. The molecule has 0 saturated heterocycles. The highest BCUT2D eigenvalue weighted by molar-refractivity contribution is 8.05. The normalized spacial score (nSPS) is 24.2. The van der Waals surface area contributed by atoms with Crippen LogP contribution in [0.15, 0.2) is 14.3 Å². The van der Waals surface area contributed by atoms with Gasteiger partial charge in [0.2, 0.25) is 10.0 Å². The lowest BCUT2D eigenvalue weighted by Gasteiger charge is -2.18. The molecule has 9 nitrogen and oxygen atoms in total. The molecule has 12 heteroatoms. The highest BCUT2D eigenvalue weighted by Crippen LogP contribution is 2.39. The molecule has 2 aliphatic heterocycles. The number of thioether (sulfide) groups is 1. The zero-order valence-electron chi connectivity index (χ0n) is 10.9. The summed E-state index contributed by atoms with van der Waals surface area (Å²) in [7, 11) is -7.41. The van der Waals surface area contributed by atoms with Gasteiger partial charge in [-0.1, -0.05) is 0 Å². The molecule has 2 rings (SSSR count). The second kappa shape index (κ2) is 5.59. The van der Waals surface area contributed by atoms with E-state index in [4.69, 9.17) is 5.11 Å². The van der Waals surface area contributed by atoms with Gasteiger partial charge in [-0.15, -0.1) is 16.2 Å². The first-order chi connectivity index (χ1) is 9.58. The van der Waals surface area contributed by atoms with Crippen molar-refractivity contribution < 1.29 is 26.7 Å². The van der Waals surface area contributed by atoms with Gasteiger partial charge in [-0.3, -0.25) is 4.79 Å². The van der Waals surface area contributed by atoms with Crippen LogP contribution in [0.3, 0.4) is 0 Å². The number of hydrogen-bond donors (Lipinski definition) is 3. The molecule has 118 valence electrons. The molecule has 0 spiro atoms. The van der Waals surface area contributed by atoms with Gasteiger partial charge >= 0.3 is 5.97 Å². The SMILES string of the molecule is CS(=O)(=O)NCC1CSC2=C1S(=O)(=O)N=C(CC(=O)O)N2. The fourth-order valence-electron chi connectivity index (χ4n) is 1.91. The minimum absolute atomic E-state index is 0.0118. The monoisotopic (exact) mass is 355 g/mol. The fraction of sp³-hybridized carbons (Fsp3) is 0.556. The number of carboxylic acids is 1. The van der Waals surface area contributed by atoms with E-state index in [1.54, 1.807) is 0 Å². The number of amidine groups is 1. The van der Waals surface area contributed by atoms with E-state index in [0.29, 0.717) is 10.8 Å². The number of nitrogens with zero attached hydrogens (tertiary/aromatic N) is 1. The average Bonchev–Trinajstić information content (AvgIpc) is 2.67. The Morgan fingerprint density at radius 2 is 2.24 bits per heavy atom. The standard InChI is InChI=1S/C9H13N3O6S3/c1-20(15,16)10-3-5-4-19-9-8(5)21(17,18)12-6(11-9)2-7(13)14/h5,10H,2-4H2,1H3,(H,11,12)(H,13,14). The fourth-order valence-corrected chi connectivity index (χ4v) is 5.54. The maximum Gasteiger partial charge on any atom is 0.311 e. The lowest BCUT2D eigenvalue weighted by molar-refractivity contribution is -0.135. The minimum Gasteiger partial charge on any atom is -0.481 e. The number of sulfonamides is 2. The van der Waals surface area contributed by atoms with E-state index in [9.17, 15) is 21.6 Å². The van der Waals surface area contributed by atoms with E-state index in [1.807, 2.05) is 0 Å². The number of nitrogens with one attached hydrogen (secondary N) is 2. The van der Waals surface area contributed by atoms with E-state index in [-0.39, 0.29) is 17.3 Å². The van der Waals surface area contributed by atoms with E-state index in [2.05, 4.69) is 14.4 Å². The summed E-state index contributed by atoms with van der Waals surface area (Å²) in [6.07, 6.45) is 0.462. The van der Waals surface area contributed by atoms with Crippen molar-refractivity contribution in [3.05, 3.63) is 9.93 Å². The van der Waals surface area contributed by atoms with Crippen molar-refractivity contribution >= 4 is 43.6 Å². The quantitative estimate of drug-likeness (QED) is 0.562. The van der Waals surface area contributed by atoms with Gasteiger partial charge in [0.25, 0.3) is 10.0 Å². The van der Waals surface area contributed by atoms with Crippen molar-refractivity contribution in [2.24, 2.45) is 10.3 Å². The van der Waals surface area contributed by atoms with E-state index in [0.717, 1.165) is 6.26 Å². The van der Waals surface area contributed by atoms with Crippen LogP contribution in [0.2, 0.25) is 0 Å². The van der Waals surface area contributed by atoms with Crippen LogP contribution in [0.5, 0.6) is 0 Å². The number of carboxylic acid groups (broad SMARTS) is 1. The van der Waals surface area contributed by atoms with Gasteiger partial charge < -0.3 is 10.4 Å². The molecule has 3 N–H and O–H groups in total. The summed E-state index contributed by atoms with van der Waals surface area (Å²) < 4.78 is 52.1. The van der Waals surface area contributed by atoms with Crippen LogP contribution in [0.1, 0.15) is 6.42 Å². The first-order valence-corrected chi connectivity index (χ1v) is 10.0. The summed E-state index contributed by atoms with van der Waals surface area (Å²) >= 11 is 1.20. The van der Waals surface area contributed by atoms with E-state index < -0.39 is 38.4 Å². The zero-order chi connectivity index (χ0) is 15.8. The number of aliphatic carboxylic acids is 1. The smallest absolute Gasteiger partial charge is 0.311 e. The molecule has 0 aliphatic carbocycles. The highest BCUT2D eigenvalue weighted by Gasteiger charge is 2.39. The largest absolute Gasteiger partial charge is 0.481 e. The number of rotatable bonds is 5. The Morgan fingerprint density at radius 3 is 2.81 bits per heavy atom. The molecule has 0 amide bonds. The third-order valence-corrected chi connectivity index (χ3v) is 6.25. The van der Waals surface area contributed by atoms with Crippen LogP contribution in [0, 0.1) is 5.92 Å². The number of carbonyl (C=O) groups is 1. The van der Waals surface area contributed by atoms with Gasteiger partial charge in [0.15, 0.2) is 0 Å². The molecule has 1 unspecified atom stereocenters. The Balaban J connectivity index is 2.22. The number of hydrogen-bond acceptors (Lipinski definition) is 7. The van der Waals surface area contributed by atoms with Crippen molar-refractivity contribution in [1.29, 1.82) is 0 Å². The van der Waals surface area contributed by atoms with Gasteiger partial charge in [0.1, 0.15) is 17.2 Å². The molecular weight excluding hydrogens is 342 g/mol. The highest BCUT2D eigenvalue weighted by atomic mass is 32.2. The first-order valence-electron chi connectivity index (χ1n) is 5.73. The molecule has 0 aromatic rings. The van der Waals surface area contributed by atoms with E-state index in [1.165, 1.54) is 11.8 Å². The molecule has 1 atom stereocenters. The predicted octanol–water partition coefficient (Wildman–Crippen LogP) is -1.13. The summed E-state index contributed by atoms with van der Waals surface area (Å²) in [6.45, 7) is -0.0463. The maximum atomic E-state index is 12.1. The first kappa shape index (κ1) is 16.3. The van der Waals surface area contributed by atoms with Crippen LogP contribution in [0.4, 0.5) is 0 Å². The van der Waals surface area contributed by atoms with Crippen LogP contribution >= 0.6 is 11.8 Å². The summed E-state index contributed by atoms with van der Waals surface area (Å²) in [5.74, 6) is -1.51. The Labute approximate surface area is 126 Å². The molecule has 21 heavy (non-hydrogen) atoms. The molecule has 0 fully saturated rings. The summed E-state index contributed by atoms with van der Waals surface area (Å²) in [5.41, 5.74) is 0. The Morgan fingerprint density at radius 1 is 1.57 bits per heavy atom. The Bertz CT molecular complexity index is 737. The zero-order valence-corrected chi connectivity index (χ0v) is 13.3. The molecule has 0 radical (unpaired) electrons. The molecular formula is C9H13N3O6S3. The third-order valence-electron chi connectivity index (χ3n) is 2.70. The second-order valence-electron chi connectivity index (χ2n) is 4.53. The van der Waals surface area contributed by atoms with Crippen molar-refractivity contribution in [1.82, 2.24) is 10.0 Å². The average molecular weight is 355 g/mol. The summed E-state index contributed by atoms with van der Waals surface area (Å²) in [5, 5.41) is 11.7. The molecule has 0 aromatic carbocycles. The van der Waals surface area contributed by atoms with Gasteiger partial charge in [-0.25, -0.2) is 13.1 Å². The van der Waals surface area contributed by atoms with Crippen molar-refractivity contribution in [2.45, 2.75) is 6.42 Å². The molecule has 2 heterocycles.